The molecule has 0 aromatic heterocycles. The molecule has 1 aliphatic heterocycles. The number of likely N-dealkylation sites (tertiary alicyclic amines) is 1. The molecule has 0 bridgehead atoms. The van der Waals surface area contributed by atoms with Gasteiger partial charge in [0.15, 0.2) is 5.96 Å². The van der Waals surface area contributed by atoms with E-state index in [1.165, 1.54) is 12.1 Å². The average Bonchev–Trinajstić information content (AvgIpc) is 3.14. The maximum Gasteiger partial charge on any atom is 0.224 e. The molecule has 158 valence electrons. The Kier molecular flexibility index (Phi) is 10.5. The fourth-order valence-corrected chi connectivity index (χ4v) is 3.58. The zero-order valence-electron chi connectivity index (χ0n) is 16.9. The van der Waals surface area contributed by atoms with Crippen LogP contribution in [0.15, 0.2) is 23.2 Å². The monoisotopic (exact) mass is 524 g/mol. The molecule has 0 aliphatic carbocycles. The lowest BCUT2D eigenvalue weighted by Crippen LogP contribution is -2.40. The van der Waals surface area contributed by atoms with Crippen LogP contribution >= 0.6 is 35.6 Å². The smallest absolute Gasteiger partial charge is 0.224 e. The van der Waals surface area contributed by atoms with Crippen molar-refractivity contribution >= 4 is 47.4 Å². The summed E-state index contributed by atoms with van der Waals surface area (Å²) in [5.74, 6) is 0.507. The molecule has 0 radical (unpaired) electrons. The molecule has 1 fully saturated rings. The Labute approximate surface area is 189 Å². The van der Waals surface area contributed by atoms with Crippen LogP contribution in [0.2, 0.25) is 5.02 Å². The number of nitrogens with zero attached hydrogens (tertiary/aromatic N) is 2. The van der Waals surface area contributed by atoms with Gasteiger partial charge in [0.05, 0.1) is 6.54 Å². The predicted octanol–water partition coefficient (Wildman–Crippen LogP) is 3.94. The van der Waals surface area contributed by atoms with Crippen LogP contribution in [0.25, 0.3) is 0 Å². The van der Waals surface area contributed by atoms with Crippen molar-refractivity contribution in [2.24, 2.45) is 4.99 Å². The van der Waals surface area contributed by atoms with Crippen LogP contribution in [0, 0.1) is 5.82 Å². The third-order valence-corrected chi connectivity index (χ3v) is 5.04. The zero-order valence-corrected chi connectivity index (χ0v) is 19.9. The molecule has 2 rings (SSSR count). The second-order valence-electron chi connectivity index (χ2n) is 7.47. The summed E-state index contributed by atoms with van der Waals surface area (Å²) >= 11 is 6.21. The van der Waals surface area contributed by atoms with E-state index >= 15 is 0 Å². The predicted molar refractivity (Wildman–Crippen MR) is 124 cm³/mol. The van der Waals surface area contributed by atoms with Crippen molar-refractivity contribution in [2.75, 3.05) is 32.7 Å². The first-order valence-electron chi connectivity index (χ1n) is 9.59. The average molecular weight is 525 g/mol. The highest BCUT2D eigenvalue weighted by Gasteiger charge is 2.24. The Hall–Kier alpha value is -1.09. The molecule has 5 nitrogen and oxygen atoms in total. The minimum Gasteiger partial charge on any atom is -0.357 e. The maximum atomic E-state index is 13.3. The fraction of sp³-hybridized carbons (Fsp3) is 0.600. The van der Waals surface area contributed by atoms with Gasteiger partial charge in [-0.1, -0.05) is 31.5 Å². The van der Waals surface area contributed by atoms with Gasteiger partial charge in [-0.15, -0.1) is 24.0 Å². The van der Waals surface area contributed by atoms with Gasteiger partial charge in [0.2, 0.25) is 5.91 Å². The quantitative estimate of drug-likeness (QED) is 0.323. The molecule has 1 aromatic carbocycles. The summed E-state index contributed by atoms with van der Waals surface area (Å²) in [6.45, 7) is 9.54. The van der Waals surface area contributed by atoms with E-state index in [4.69, 9.17) is 11.6 Å². The first-order chi connectivity index (χ1) is 12.8. The second-order valence-corrected chi connectivity index (χ2v) is 7.88. The number of carbonyl (C=O) groups is 1. The molecule has 1 amide bonds. The van der Waals surface area contributed by atoms with Crippen molar-refractivity contribution in [3.8, 4) is 0 Å². The Balaban J connectivity index is 0.00000392. The van der Waals surface area contributed by atoms with E-state index in [1.54, 1.807) is 6.07 Å². The summed E-state index contributed by atoms with van der Waals surface area (Å²) in [5.41, 5.74) is 0.507. The first kappa shape index (κ1) is 24.9. The molecular weight excluding hydrogens is 494 g/mol. The van der Waals surface area contributed by atoms with Crippen molar-refractivity contribution in [1.29, 1.82) is 0 Å². The van der Waals surface area contributed by atoms with Gasteiger partial charge in [-0.05, 0) is 37.5 Å². The molecule has 0 unspecified atom stereocenters. The lowest BCUT2D eigenvalue weighted by molar-refractivity contribution is -0.129. The van der Waals surface area contributed by atoms with Gasteiger partial charge in [-0.2, -0.15) is 0 Å². The number of nitrogens with one attached hydrogen (secondary N) is 2. The number of hydrogen-bond donors (Lipinski definition) is 2. The van der Waals surface area contributed by atoms with Gasteiger partial charge in [0.25, 0.3) is 0 Å². The lowest BCUT2D eigenvalue weighted by Gasteiger charge is -2.25. The number of halogens is 3. The number of hydrogen-bond acceptors (Lipinski definition) is 2. The largest absolute Gasteiger partial charge is 0.357 e. The van der Waals surface area contributed by atoms with Crippen LogP contribution in [-0.4, -0.2) is 49.5 Å². The number of carbonyl (C=O) groups excluding carboxylic acids is 1. The molecule has 2 N–H and O–H groups in total. The van der Waals surface area contributed by atoms with Gasteiger partial charge in [-0.3, -0.25) is 9.79 Å². The molecule has 1 saturated heterocycles. The third-order valence-electron chi connectivity index (χ3n) is 4.73. The summed E-state index contributed by atoms with van der Waals surface area (Å²) < 4.78 is 13.3. The molecule has 1 heterocycles. The van der Waals surface area contributed by atoms with E-state index in [0.717, 1.165) is 38.0 Å². The van der Waals surface area contributed by atoms with Gasteiger partial charge in [0, 0.05) is 43.0 Å². The van der Waals surface area contributed by atoms with Crippen molar-refractivity contribution in [3.05, 3.63) is 34.6 Å². The summed E-state index contributed by atoms with van der Waals surface area (Å²) in [4.78, 5) is 18.7. The molecule has 1 aliphatic rings. The topological polar surface area (TPSA) is 56.7 Å². The van der Waals surface area contributed by atoms with Gasteiger partial charge in [0.1, 0.15) is 5.82 Å². The van der Waals surface area contributed by atoms with Crippen molar-refractivity contribution < 1.29 is 9.18 Å². The number of rotatable bonds is 7. The van der Waals surface area contributed by atoms with Crippen LogP contribution < -0.4 is 10.6 Å². The summed E-state index contributed by atoms with van der Waals surface area (Å²) in [5, 5.41) is 6.82. The van der Waals surface area contributed by atoms with Crippen LogP contribution in [0.4, 0.5) is 4.39 Å². The summed E-state index contributed by atoms with van der Waals surface area (Å²) in [6, 6.07) is 4.46. The van der Waals surface area contributed by atoms with Crippen LogP contribution in [0.3, 0.4) is 0 Å². The SMILES string of the molecule is CCNC(=NCC(C)(C)c1ccc(F)cc1Cl)NCCC(=O)N1CCCC1.I. The normalized spacial score (nSPS) is 14.6. The molecular formula is C20H31ClFIN4O. The fourth-order valence-electron chi connectivity index (χ4n) is 3.15. The standard InChI is InChI=1S/C20H30ClFN4O.HI/c1-4-23-19(24-10-9-18(27)26-11-5-6-12-26)25-14-20(2,3)16-8-7-15(22)13-17(16)21;/h7-8,13H,4-6,9-12,14H2,1-3H3,(H2,23,24,25);1H. The molecule has 28 heavy (non-hydrogen) atoms. The number of amides is 1. The van der Waals surface area contributed by atoms with Crippen LogP contribution in [-0.2, 0) is 10.2 Å². The Bertz CT molecular complexity index is 678. The van der Waals surface area contributed by atoms with Crippen LogP contribution in [0.5, 0.6) is 0 Å². The summed E-state index contributed by atoms with van der Waals surface area (Å²) in [6.07, 6.45) is 2.66. The molecule has 0 spiro atoms. The third kappa shape index (κ3) is 7.39. The Morgan fingerprint density at radius 3 is 2.57 bits per heavy atom. The maximum absolute atomic E-state index is 13.3. The van der Waals surface area contributed by atoms with Crippen LogP contribution in [0.1, 0.15) is 45.6 Å². The highest BCUT2D eigenvalue weighted by atomic mass is 127. The zero-order chi connectivity index (χ0) is 19.9. The number of guanidine groups is 1. The van der Waals surface area contributed by atoms with E-state index < -0.39 is 0 Å². The van der Waals surface area contributed by atoms with Gasteiger partial charge in [-0.25, -0.2) is 4.39 Å². The Morgan fingerprint density at radius 1 is 1.29 bits per heavy atom. The molecule has 0 atom stereocenters. The molecule has 8 heteroatoms. The highest BCUT2D eigenvalue weighted by Crippen LogP contribution is 2.30. The summed E-state index contributed by atoms with van der Waals surface area (Å²) in [7, 11) is 0. The van der Waals surface area contributed by atoms with Crippen molar-refractivity contribution in [1.82, 2.24) is 15.5 Å². The van der Waals surface area contributed by atoms with E-state index in [9.17, 15) is 9.18 Å². The van der Waals surface area contributed by atoms with E-state index in [-0.39, 0.29) is 41.1 Å². The molecule has 1 aromatic rings. The van der Waals surface area contributed by atoms with Crippen molar-refractivity contribution in [2.45, 2.75) is 45.4 Å². The van der Waals surface area contributed by atoms with E-state index in [1.807, 2.05) is 25.7 Å². The Morgan fingerprint density at radius 2 is 1.96 bits per heavy atom. The van der Waals surface area contributed by atoms with E-state index in [2.05, 4.69) is 15.6 Å². The minimum atomic E-state index is -0.349. The molecule has 0 saturated carbocycles. The second kappa shape index (κ2) is 11.8. The van der Waals surface area contributed by atoms with E-state index in [0.29, 0.717) is 30.5 Å². The lowest BCUT2D eigenvalue weighted by atomic mass is 9.84. The van der Waals surface area contributed by atoms with Gasteiger partial charge >= 0.3 is 0 Å². The number of aliphatic imine (C=N–C) groups is 1. The number of benzene rings is 1. The highest BCUT2D eigenvalue weighted by molar-refractivity contribution is 14.0. The van der Waals surface area contributed by atoms with Gasteiger partial charge < -0.3 is 15.5 Å². The minimum absolute atomic E-state index is 0. The van der Waals surface area contributed by atoms with Crippen molar-refractivity contribution in [3.63, 3.8) is 0 Å². The first-order valence-corrected chi connectivity index (χ1v) is 9.97.